The average Bonchev–Trinajstić information content (AvgIpc) is 3.16. The van der Waals surface area contributed by atoms with Crippen LogP contribution in [0.4, 0.5) is 4.39 Å². The SMILES string of the molecule is C[C@@H](O)[C@@H](NC(=O)[C@@H]1CC/C(=C\CCCF)CCN1)[C@H]1OC(CNC(=O)c2ccc(O)cc2)[C@H](O)C(O)C1O. The van der Waals surface area contributed by atoms with Gasteiger partial charge in [0.05, 0.1) is 24.9 Å². The van der Waals surface area contributed by atoms with Gasteiger partial charge in [0.25, 0.3) is 5.91 Å². The molecule has 2 fully saturated rings. The van der Waals surface area contributed by atoms with Gasteiger partial charge < -0.3 is 46.2 Å². The molecule has 218 valence electrons. The number of allylic oxidation sites excluding steroid dienone is 1. The lowest BCUT2D eigenvalue weighted by Crippen LogP contribution is -2.67. The van der Waals surface area contributed by atoms with Crippen LogP contribution >= 0.6 is 0 Å². The summed E-state index contributed by atoms with van der Waals surface area (Å²) in [7, 11) is 0. The first-order chi connectivity index (χ1) is 18.6. The minimum absolute atomic E-state index is 0.00621. The Morgan fingerprint density at radius 3 is 2.54 bits per heavy atom. The lowest BCUT2D eigenvalue weighted by Gasteiger charge is -2.44. The molecule has 0 spiro atoms. The molecule has 0 saturated carbocycles. The number of carbonyl (C=O) groups excluding carboxylic acids is 2. The summed E-state index contributed by atoms with van der Waals surface area (Å²) in [5.74, 6) is -0.936. The zero-order valence-corrected chi connectivity index (χ0v) is 22.0. The molecule has 0 aromatic heterocycles. The number of carbonyl (C=O) groups is 2. The first-order valence-electron chi connectivity index (χ1n) is 13.3. The number of hydrogen-bond donors (Lipinski definition) is 8. The molecule has 2 heterocycles. The van der Waals surface area contributed by atoms with Gasteiger partial charge in [-0.05, 0) is 69.8 Å². The first-order valence-corrected chi connectivity index (χ1v) is 13.3. The number of unbranched alkanes of at least 4 members (excludes halogenated alkanes) is 1. The van der Waals surface area contributed by atoms with Gasteiger partial charge in [-0.15, -0.1) is 0 Å². The summed E-state index contributed by atoms with van der Waals surface area (Å²) in [5, 5.41) is 60.0. The van der Waals surface area contributed by atoms with E-state index in [1.807, 2.05) is 6.08 Å². The summed E-state index contributed by atoms with van der Waals surface area (Å²) < 4.78 is 18.2. The van der Waals surface area contributed by atoms with Crippen LogP contribution in [0.5, 0.6) is 5.75 Å². The number of hydrogen-bond acceptors (Lipinski definition) is 9. The molecule has 2 saturated heterocycles. The summed E-state index contributed by atoms with van der Waals surface area (Å²) in [6, 6.07) is 3.81. The van der Waals surface area contributed by atoms with Crippen LogP contribution in [-0.2, 0) is 9.53 Å². The van der Waals surface area contributed by atoms with Crippen LogP contribution in [0.25, 0.3) is 0 Å². The van der Waals surface area contributed by atoms with Gasteiger partial charge in [0, 0.05) is 12.1 Å². The third-order valence-corrected chi connectivity index (χ3v) is 7.20. The quantitative estimate of drug-likeness (QED) is 0.142. The van der Waals surface area contributed by atoms with Gasteiger partial charge >= 0.3 is 0 Å². The number of amides is 2. The zero-order valence-electron chi connectivity index (χ0n) is 22.0. The van der Waals surface area contributed by atoms with E-state index in [2.05, 4.69) is 16.0 Å². The number of benzene rings is 1. The molecule has 0 bridgehead atoms. The second-order valence-corrected chi connectivity index (χ2v) is 10.1. The lowest BCUT2D eigenvalue weighted by molar-refractivity contribution is -0.231. The summed E-state index contributed by atoms with van der Waals surface area (Å²) >= 11 is 0. The van der Waals surface area contributed by atoms with E-state index in [1.165, 1.54) is 31.2 Å². The van der Waals surface area contributed by atoms with Gasteiger partial charge in [-0.3, -0.25) is 14.0 Å². The van der Waals surface area contributed by atoms with Gasteiger partial charge in [0.1, 0.15) is 36.3 Å². The second kappa shape index (κ2) is 14.7. The lowest BCUT2D eigenvalue weighted by atomic mass is 9.89. The number of alkyl halides is 1. The number of phenols is 1. The summed E-state index contributed by atoms with van der Waals surface area (Å²) in [6.45, 7) is 1.35. The van der Waals surface area contributed by atoms with Crippen LogP contribution in [-0.4, -0.2) is 106 Å². The Bertz CT molecular complexity index is 976. The van der Waals surface area contributed by atoms with Crippen molar-refractivity contribution in [1.29, 1.82) is 0 Å². The molecule has 0 radical (unpaired) electrons. The van der Waals surface area contributed by atoms with Crippen LogP contribution < -0.4 is 16.0 Å². The highest BCUT2D eigenvalue weighted by molar-refractivity contribution is 5.94. The molecule has 39 heavy (non-hydrogen) atoms. The number of phenolic OH excluding ortho intramolecular Hbond substituents is 1. The minimum Gasteiger partial charge on any atom is -0.508 e. The summed E-state index contributed by atoms with van der Waals surface area (Å²) in [5.41, 5.74) is 1.40. The molecule has 1 aromatic carbocycles. The van der Waals surface area contributed by atoms with Crippen LogP contribution in [0.2, 0.25) is 0 Å². The number of rotatable bonds is 10. The third-order valence-electron chi connectivity index (χ3n) is 7.20. The summed E-state index contributed by atoms with van der Waals surface area (Å²) in [4.78, 5) is 25.6. The molecule has 3 unspecified atom stereocenters. The molecule has 2 amide bonds. The Hall–Kier alpha value is -2.61. The molecule has 1 aromatic rings. The van der Waals surface area contributed by atoms with E-state index in [-0.39, 0.29) is 24.5 Å². The first kappa shape index (κ1) is 30.9. The van der Waals surface area contributed by atoms with E-state index in [0.717, 1.165) is 12.0 Å². The number of halogens is 1. The molecule has 2 aliphatic heterocycles. The van der Waals surface area contributed by atoms with Gasteiger partial charge in [-0.2, -0.15) is 0 Å². The van der Waals surface area contributed by atoms with E-state index < -0.39 is 60.5 Å². The maximum atomic E-state index is 13.1. The highest BCUT2D eigenvalue weighted by Crippen LogP contribution is 2.25. The normalized spacial score (nSPS) is 30.3. The second-order valence-electron chi connectivity index (χ2n) is 10.1. The Labute approximate surface area is 227 Å². The standard InChI is InChI=1S/C27H40FN3O8/c1-15(32)21(31-27(38)19-10-5-16(11-13-29-19)4-2-3-12-28)25-24(36)23(35)22(34)20(39-25)14-30-26(37)17-6-8-18(33)9-7-17/h4,6-9,15,19-25,29,32-36H,2-3,5,10-14H2,1H3,(H,30,37)(H,31,38)/b16-4+/t15-,19+,20?,21-,22+,23?,24?,25-/m1/s1. The molecule has 2 aliphatic rings. The molecule has 3 rings (SSSR count). The van der Waals surface area contributed by atoms with Gasteiger partial charge in [0.15, 0.2) is 0 Å². The van der Waals surface area contributed by atoms with Gasteiger partial charge in [-0.1, -0.05) is 11.6 Å². The Balaban J connectivity index is 1.64. The third kappa shape index (κ3) is 8.44. The summed E-state index contributed by atoms with van der Waals surface area (Å²) in [6.07, 6.45) is -3.46. The van der Waals surface area contributed by atoms with Crippen molar-refractivity contribution in [3.63, 3.8) is 0 Å². The molecule has 12 heteroatoms. The molecule has 8 N–H and O–H groups in total. The van der Waals surface area contributed by atoms with Crippen molar-refractivity contribution in [1.82, 2.24) is 16.0 Å². The topological polar surface area (TPSA) is 181 Å². The van der Waals surface area contributed by atoms with E-state index in [1.54, 1.807) is 0 Å². The number of aliphatic hydroxyl groups is 4. The monoisotopic (exact) mass is 553 g/mol. The van der Waals surface area contributed by atoms with Gasteiger partial charge in [0.2, 0.25) is 5.91 Å². The van der Waals surface area contributed by atoms with Crippen molar-refractivity contribution in [3.8, 4) is 5.75 Å². The van der Waals surface area contributed by atoms with Crippen molar-refractivity contribution < 1.29 is 44.2 Å². The molecule has 8 atom stereocenters. The molecular weight excluding hydrogens is 513 g/mol. The number of ether oxygens (including phenoxy) is 1. The highest BCUT2D eigenvalue weighted by atomic mass is 19.1. The zero-order chi connectivity index (χ0) is 28.5. The van der Waals surface area contributed by atoms with Crippen molar-refractivity contribution >= 4 is 11.8 Å². The maximum absolute atomic E-state index is 13.1. The van der Waals surface area contributed by atoms with E-state index >= 15 is 0 Å². The van der Waals surface area contributed by atoms with Crippen molar-refractivity contribution in [2.75, 3.05) is 19.8 Å². The fraction of sp³-hybridized carbons (Fsp3) is 0.630. The number of aliphatic hydroxyl groups excluding tert-OH is 4. The Morgan fingerprint density at radius 1 is 1.15 bits per heavy atom. The minimum atomic E-state index is -1.66. The fourth-order valence-corrected chi connectivity index (χ4v) is 4.87. The molecular formula is C27H40FN3O8. The smallest absolute Gasteiger partial charge is 0.251 e. The number of aromatic hydroxyl groups is 1. The highest BCUT2D eigenvalue weighted by Gasteiger charge is 2.48. The Morgan fingerprint density at radius 2 is 1.87 bits per heavy atom. The van der Waals surface area contributed by atoms with Crippen molar-refractivity contribution in [3.05, 3.63) is 41.5 Å². The van der Waals surface area contributed by atoms with Gasteiger partial charge in [-0.25, -0.2) is 0 Å². The van der Waals surface area contributed by atoms with Crippen molar-refractivity contribution in [2.24, 2.45) is 0 Å². The molecule has 0 aliphatic carbocycles. The van der Waals surface area contributed by atoms with E-state index in [0.29, 0.717) is 32.2 Å². The van der Waals surface area contributed by atoms with Crippen molar-refractivity contribution in [2.45, 2.75) is 87.7 Å². The van der Waals surface area contributed by atoms with Crippen LogP contribution in [0.3, 0.4) is 0 Å². The fourth-order valence-electron chi connectivity index (χ4n) is 4.87. The predicted octanol–water partition coefficient (Wildman–Crippen LogP) is -0.344. The maximum Gasteiger partial charge on any atom is 0.251 e. The van der Waals surface area contributed by atoms with E-state index in [9.17, 15) is 39.5 Å². The number of nitrogens with one attached hydrogen (secondary N) is 3. The van der Waals surface area contributed by atoms with Crippen LogP contribution in [0, 0.1) is 0 Å². The largest absolute Gasteiger partial charge is 0.508 e. The van der Waals surface area contributed by atoms with Crippen LogP contribution in [0.1, 0.15) is 49.4 Å². The predicted molar refractivity (Wildman–Crippen MR) is 140 cm³/mol. The van der Waals surface area contributed by atoms with Crippen LogP contribution in [0.15, 0.2) is 35.9 Å². The molecule has 11 nitrogen and oxygen atoms in total. The average molecular weight is 554 g/mol. The van der Waals surface area contributed by atoms with E-state index in [4.69, 9.17) is 4.74 Å². The Kier molecular flexibility index (Phi) is 11.6.